The lowest BCUT2D eigenvalue weighted by atomic mass is 9.83. The monoisotopic (exact) mass is 472 g/mol. The van der Waals surface area contributed by atoms with E-state index in [1.165, 1.54) is 13.0 Å². The molecule has 2 bridgehead atoms. The van der Waals surface area contributed by atoms with Crippen molar-refractivity contribution in [1.29, 1.82) is 0 Å². The van der Waals surface area contributed by atoms with Crippen LogP contribution in [0.2, 0.25) is 0 Å². The second kappa shape index (κ2) is 9.01. The third-order valence-electron chi connectivity index (χ3n) is 6.17. The molecular weight excluding hydrogens is 444 g/mol. The van der Waals surface area contributed by atoms with Crippen molar-refractivity contribution in [3.8, 4) is 0 Å². The molecule has 1 saturated heterocycles. The van der Waals surface area contributed by atoms with Crippen LogP contribution in [0.15, 0.2) is 41.2 Å². The Hall–Kier alpha value is -3.14. The fourth-order valence-electron chi connectivity index (χ4n) is 4.67. The first-order valence-corrected chi connectivity index (χ1v) is 12.7. The number of benzene rings is 1. The van der Waals surface area contributed by atoms with Gasteiger partial charge in [0.1, 0.15) is 5.69 Å². The number of carbonyl (C=O) groups is 2. The van der Waals surface area contributed by atoms with E-state index in [1.54, 1.807) is 46.7 Å². The van der Waals surface area contributed by atoms with Crippen LogP contribution in [0.3, 0.4) is 0 Å². The lowest BCUT2D eigenvalue weighted by Crippen LogP contribution is -2.50. The first-order chi connectivity index (χ1) is 15.7. The van der Waals surface area contributed by atoms with Crippen LogP contribution in [-0.2, 0) is 16.6 Å². The van der Waals surface area contributed by atoms with Crippen molar-refractivity contribution >= 4 is 33.2 Å². The first kappa shape index (κ1) is 23.0. The van der Waals surface area contributed by atoms with Gasteiger partial charge in [-0.1, -0.05) is 6.92 Å². The highest BCUT2D eigenvalue weighted by molar-refractivity contribution is 7.92. The van der Waals surface area contributed by atoms with Gasteiger partial charge in [0.05, 0.1) is 5.75 Å². The average Bonchev–Trinajstić information content (AvgIpc) is 2.76. The molecule has 9 nitrogen and oxygen atoms in total. The molecule has 2 unspecified atom stereocenters. The molecule has 0 radical (unpaired) electrons. The number of rotatable bonds is 6. The summed E-state index contributed by atoms with van der Waals surface area (Å²) in [6, 6.07) is 9.85. The molecule has 4 rings (SSSR count). The number of piperidine rings is 1. The minimum atomic E-state index is -3.55. The summed E-state index contributed by atoms with van der Waals surface area (Å²) in [4.78, 5) is 39.0. The smallest absolute Gasteiger partial charge is 0.321 e. The summed E-state index contributed by atoms with van der Waals surface area (Å²) >= 11 is 0. The molecule has 2 aliphatic rings. The highest BCUT2D eigenvalue weighted by atomic mass is 32.2. The summed E-state index contributed by atoms with van der Waals surface area (Å²) in [6.07, 6.45) is 1.34. The van der Waals surface area contributed by atoms with E-state index in [2.05, 4.69) is 10.0 Å². The van der Waals surface area contributed by atoms with Gasteiger partial charge in [-0.3, -0.25) is 14.3 Å². The number of anilines is 2. The number of Topliss-reactive ketones (excluding diaryl/α,β-unsaturated/α-hetero) is 1. The maximum absolute atomic E-state index is 13.0. The van der Waals surface area contributed by atoms with E-state index in [1.807, 2.05) is 0 Å². The van der Waals surface area contributed by atoms with Crippen molar-refractivity contribution in [3.05, 3.63) is 58.0 Å². The third-order valence-corrected chi connectivity index (χ3v) is 7.65. The van der Waals surface area contributed by atoms with Gasteiger partial charge in [0.2, 0.25) is 10.0 Å². The van der Waals surface area contributed by atoms with Crippen LogP contribution >= 0.6 is 0 Å². The van der Waals surface area contributed by atoms with Gasteiger partial charge in [-0.2, -0.15) is 0 Å². The molecule has 0 saturated carbocycles. The van der Waals surface area contributed by atoms with Gasteiger partial charge < -0.3 is 14.8 Å². The number of ketones is 1. The highest BCUT2D eigenvalue weighted by Crippen LogP contribution is 2.35. The maximum atomic E-state index is 13.0. The Morgan fingerprint density at radius 2 is 1.79 bits per heavy atom. The molecule has 2 amide bonds. The number of urea groups is 1. The van der Waals surface area contributed by atoms with Gasteiger partial charge in [-0.15, -0.1) is 0 Å². The quantitative estimate of drug-likeness (QED) is 0.627. The van der Waals surface area contributed by atoms with Crippen LogP contribution < -0.4 is 15.6 Å². The Kier molecular flexibility index (Phi) is 6.29. The molecule has 1 fully saturated rings. The number of nitrogens with zero attached hydrogens (tertiary/aromatic N) is 2. The molecule has 3 heterocycles. The normalized spacial score (nSPS) is 19.5. The van der Waals surface area contributed by atoms with E-state index in [0.29, 0.717) is 37.3 Å². The maximum Gasteiger partial charge on any atom is 0.321 e. The minimum absolute atomic E-state index is 0.00246. The largest absolute Gasteiger partial charge is 0.324 e. The minimum Gasteiger partial charge on any atom is -0.324 e. The molecule has 10 heteroatoms. The van der Waals surface area contributed by atoms with Crippen molar-refractivity contribution in [3.63, 3.8) is 0 Å². The van der Waals surface area contributed by atoms with Gasteiger partial charge >= 0.3 is 6.03 Å². The molecule has 0 aliphatic carbocycles. The van der Waals surface area contributed by atoms with Crippen molar-refractivity contribution in [2.24, 2.45) is 5.92 Å². The number of pyridine rings is 1. The molecule has 2 atom stereocenters. The van der Waals surface area contributed by atoms with E-state index in [-0.39, 0.29) is 40.6 Å². The van der Waals surface area contributed by atoms with Crippen molar-refractivity contribution in [2.75, 3.05) is 28.9 Å². The number of carbonyl (C=O) groups excluding carboxylic acids is 2. The second-order valence-corrected chi connectivity index (χ2v) is 10.6. The van der Waals surface area contributed by atoms with E-state index in [9.17, 15) is 22.8 Å². The van der Waals surface area contributed by atoms with Gasteiger partial charge in [0.15, 0.2) is 5.78 Å². The lowest BCUT2D eigenvalue weighted by Gasteiger charge is -2.42. The predicted octanol–water partition coefficient (Wildman–Crippen LogP) is 2.85. The van der Waals surface area contributed by atoms with Gasteiger partial charge in [-0.25, -0.2) is 13.2 Å². The molecule has 0 spiro atoms. The third kappa shape index (κ3) is 4.95. The van der Waals surface area contributed by atoms with Crippen LogP contribution in [0.1, 0.15) is 48.7 Å². The number of likely N-dealkylation sites (tertiary alicyclic amines) is 1. The SMILES string of the molecule is CCCS(=O)(=O)Nc1ccc2n(c1=O)CC1CC2CN(C(=O)Nc2ccc(C(C)=O)cc2)C1. The van der Waals surface area contributed by atoms with Crippen LogP contribution in [-0.4, -0.2) is 48.5 Å². The van der Waals surface area contributed by atoms with Crippen molar-refractivity contribution < 1.29 is 18.0 Å². The van der Waals surface area contributed by atoms with E-state index < -0.39 is 10.0 Å². The zero-order valence-electron chi connectivity index (χ0n) is 18.7. The fourth-order valence-corrected chi connectivity index (χ4v) is 5.80. The Morgan fingerprint density at radius 1 is 1.06 bits per heavy atom. The summed E-state index contributed by atoms with van der Waals surface area (Å²) < 4.78 is 28.3. The van der Waals surface area contributed by atoms with E-state index >= 15 is 0 Å². The van der Waals surface area contributed by atoms with Gasteiger partial charge in [0.25, 0.3) is 5.56 Å². The number of amides is 2. The van der Waals surface area contributed by atoms with Gasteiger partial charge in [0, 0.05) is 42.5 Å². The molecule has 2 N–H and O–H groups in total. The zero-order valence-corrected chi connectivity index (χ0v) is 19.5. The molecular formula is C23H28N4O5S. The number of hydrogen-bond donors (Lipinski definition) is 2. The molecule has 1 aromatic heterocycles. The topological polar surface area (TPSA) is 118 Å². The summed E-state index contributed by atoms with van der Waals surface area (Å²) in [5, 5.41) is 2.88. The summed E-state index contributed by atoms with van der Waals surface area (Å²) in [7, 11) is -3.55. The van der Waals surface area contributed by atoms with Crippen LogP contribution in [0.5, 0.6) is 0 Å². The zero-order chi connectivity index (χ0) is 23.8. The Balaban J connectivity index is 1.49. The predicted molar refractivity (Wildman–Crippen MR) is 126 cm³/mol. The molecule has 1 aromatic carbocycles. The highest BCUT2D eigenvalue weighted by Gasteiger charge is 2.37. The fraction of sp³-hybridized carbons (Fsp3) is 0.435. The molecule has 2 aromatic rings. The Bertz CT molecular complexity index is 1240. The van der Waals surface area contributed by atoms with Crippen LogP contribution in [0.25, 0.3) is 0 Å². The van der Waals surface area contributed by atoms with Crippen LogP contribution in [0, 0.1) is 5.92 Å². The first-order valence-electron chi connectivity index (χ1n) is 11.1. The number of hydrogen-bond acceptors (Lipinski definition) is 5. The summed E-state index contributed by atoms with van der Waals surface area (Å²) in [6.45, 7) is 4.67. The summed E-state index contributed by atoms with van der Waals surface area (Å²) in [5.74, 6) is 0.0210. The average molecular weight is 473 g/mol. The van der Waals surface area contributed by atoms with E-state index in [4.69, 9.17) is 0 Å². The van der Waals surface area contributed by atoms with E-state index in [0.717, 1.165) is 12.1 Å². The molecule has 33 heavy (non-hydrogen) atoms. The van der Waals surface area contributed by atoms with Crippen molar-refractivity contribution in [2.45, 2.75) is 39.2 Å². The number of sulfonamides is 1. The summed E-state index contributed by atoms with van der Waals surface area (Å²) in [5.41, 5.74) is 1.74. The van der Waals surface area contributed by atoms with Crippen molar-refractivity contribution in [1.82, 2.24) is 9.47 Å². The second-order valence-electron chi connectivity index (χ2n) is 8.78. The number of aromatic nitrogens is 1. The number of fused-ring (bicyclic) bond motifs is 4. The Morgan fingerprint density at radius 3 is 2.45 bits per heavy atom. The molecule has 2 aliphatic heterocycles. The Labute approximate surface area is 192 Å². The number of nitrogens with one attached hydrogen (secondary N) is 2. The molecule has 176 valence electrons. The van der Waals surface area contributed by atoms with Crippen LogP contribution in [0.4, 0.5) is 16.2 Å². The lowest BCUT2D eigenvalue weighted by molar-refractivity contribution is 0.101. The standard InChI is InChI=1S/C23H28N4O5S/c1-3-10-33(31,32)25-20-8-9-21-18-11-16(13-27(21)22(20)29)12-26(14-18)23(30)24-19-6-4-17(5-7-19)15(2)28/h4-9,16,18,25H,3,10-14H2,1-2H3,(H,24,30). The van der Waals surface area contributed by atoms with Gasteiger partial charge in [-0.05, 0) is 62.1 Å².